The highest BCUT2D eigenvalue weighted by Gasteiger charge is 2.43. The predicted molar refractivity (Wildman–Crippen MR) is 276 cm³/mol. The number of pyridine rings is 1. The first-order chi connectivity index (χ1) is 35.4. The molecule has 2 unspecified atom stereocenters. The van der Waals surface area contributed by atoms with Crippen LogP contribution in [-0.4, -0.2) is 119 Å². The van der Waals surface area contributed by atoms with E-state index in [2.05, 4.69) is 39.5 Å². The molecule has 0 radical (unpaired) electrons. The summed E-state index contributed by atoms with van der Waals surface area (Å²) < 4.78 is 17.6. The number of phenols is 1. The van der Waals surface area contributed by atoms with Crippen molar-refractivity contribution in [1.29, 1.82) is 0 Å². The van der Waals surface area contributed by atoms with E-state index < -0.39 is 17.7 Å². The van der Waals surface area contributed by atoms with E-state index in [1.54, 1.807) is 79.9 Å². The van der Waals surface area contributed by atoms with Crippen molar-refractivity contribution in [2.75, 3.05) is 66.1 Å². The van der Waals surface area contributed by atoms with Gasteiger partial charge in [0.2, 0.25) is 11.2 Å². The van der Waals surface area contributed by atoms with E-state index in [0.29, 0.717) is 66.3 Å². The number of benzene rings is 5. The molecule has 4 heterocycles. The van der Waals surface area contributed by atoms with Crippen LogP contribution in [0.3, 0.4) is 0 Å². The van der Waals surface area contributed by atoms with Crippen molar-refractivity contribution in [2.45, 2.75) is 63.3 Å². The Hall–Kier alpha value is -7.04. The summed E-state index contributed by atoms with van der Waals surface area (Å²) in [4.78, 5) is 61.9. The number of likely N-dealkylation sites (tertiary alicyclic amines) is 3. The largest absolute Gasteiger partial charge is 0.506 e. The zero-order valence-electron chi connectivity index (χ0n) is 41.3. The van der Waals surface area contributed by atoms with Gasteiger partial charge < -0.3 is 49.6 Å². The van der Waals surface area contributed by atoms with Crippen molar-refractivity contribution in [3.8, 4) is 17.2 Å². The number of rotatable bonds is 17. The number of aromatic hydroxyl groups is 1. The molecular formula is C58H65N5O10. The van der Waals surface area contributed by atoms with Crippen molar-refractivity contribution in [3.05, 3.63) is 171 Å². The van der Waals surface area contributed by atoms with Gasteiger partial charge in [-0.1, -0.05) is 84.9 Å². The number of methoxy groups -OCH3 is 1. The molecule has 3 saturated heterocycles. The van der Waals surface area contributed by atoms with E-state index in [-0.39, 0.29) is 65.3 Å². The minimum atomic E-state index is -2.10. The number of aromatic amines is 1. The number of piperidine rings is 3. The van der Waals surface area contributed by atoms with Gasteiger partial charge in [0.15, 0.2) is 6.61 Å². The molecule has 6 aromatic rings. The van der Waals surface area contributed by atoms with Gasteiger partial charge >= 0.3 is 5.97 Å². The lowest BCUT2D eigenvalue weighted by Crippen LogP contribution is -2.50. The van der Waals surface area contributed by atoms with Gasteiger partial charge in [0.05, 0.1) is 25.3 Å². The quantitative estimate of drug-likeness (QED) is 0.0610. The molecule has 0 saturated carbocycles. The number of hydrogen-bond donors (Lipinski definition) is 5. The Morgan fingerprint density at radius 3 is 2.19 bits per heavy atom. The minimum Gasteiger partial charge on any atom is -0.506 e. The molecule has 2 amide bonds. The van der Waals surface area contributed by atoms with E-state index in [9.17, 15) is 34.5 Å². The number of nitrogens with zero attached hydrogens (tertiary/aromatic N) is 3. The van der Waals surface area contributed by atoms with Crippen LogP contribution in [0.4, 0.5) is 0 Å². The lowest BCUT2D eigenvalue weighted by Gasteiger charge is -2.46. The van der Waals surface area contributed by atoms with Gasteiger partial charge in [0.25, 0.3) is 11.8 Å². The standard InChI is InChI=1S/C58H65N5O10/c1-71-51-33-42(15-16-43(51)35-59-36-50(65)47-17-19-49(64)54-48(47)18-20-52(66)60-54)55(68)63-31-25-57(26-32-63)23-29-62(30-24-57)53(67)39-72-46-14-8-13-45(34-46)58(70,44-11-6-3-7-12-44)56(69)73-38-41-21-27-61(28-22-41)37-40-9-4-2-5-10-40/h2-20,33-34,41,50,59,64-65,70H,21-32,35-39H2,1H3,(H,60,66). The summed E-state index contributed by atoms with van der Waals surface area (Å²) in [7, 11) is 1.56. The van der Waals surface area contributed by atoms with Gasteiger partial charge in [-0.15, -0.1) is 0 Å². The number of ether oxygens (including phenoxy) is 3. The molecule has 3 aliphatic rings. The summed E-state index contributed by atoms with van der Waals surface area (Å²) in [6, 6.07) is 37.3. The van der Waals surface area contributed by atoms with Crippen LogP contribution in [0.15, 0.2) is 132 Å². The number of H-pyrrole nitrogens is 1. The molecule has 2 atom stereocenters. The third-order valence-electron chi connectivity index (χ3n) is 15.2. The van der Waals surface area contributed by atoms with E-state index in [0.717, 1.165) is 63.7 Å². The zero-order chi connectivity index (χ0) is 51.0. The lowest BCUT2D eigenvalue weighted by molar-refractivity contribution is -0.164. The molecule has 3 aliphatic heterocycles. The van der Waals surface area contributed by atoms with E-state index in [4.69, 9.17) is 14.2 Å². The topological polar surface area (TPSA) is 194 Å². The highest BCUT2D eigenvalue weighted by molar-refractivity contribution is 5.95. The number of amides is 2. The molecule has 73 heavy (non-hydrogen) atoms. The Labute approximate surface area is 425 Å². The Bertz CT molecular complexity index is 2920. The normalized spacial score (nSPS) is 17.5. The fourth-order valence-electron chi connectivity index (χ4n) is 10.7. The molecule has 3 fully saturated rings. The molecule has 5 N–H and O–H groups in total. The Morgan fingerprint density at radius 2 is 1.48 bits per heavy atom. The summed E-state index contributed by atoms with van der Waals surface area (Å²) >= 11 is 0. The third-order valence-corrected chi connectivity index (χ3v) is 15.2. The first kappa shape index (κ1) is 50.9. The van der Waals surface area contributed by atoms with Crippen LogP contribution < -0.4 is 20.3 Å². The minimum absolute atomic E-state index is 0.0282. The molecule has 9 rings (SSSR count). The van der Waals surface area contributed by atoms with Crippen molar-refractivity contribution in [3.63, 3.8) is 0 Å². The van der Waals surface area contributed by atoms with E-state index in [1.165, 1.54) is 17.7 Å². The fraction of sp³-hybridized carbons (Fsp3) is 0.379. The van der Waals surface area contributed by atoms with Crippen LogP contribution >= 0.6 is 0 Å². The maximum absolute atomic E-state index is 14.0. The second-order valence-corrected chi connectivity index (χ2v) is 19.8. The van der Waals surface area contributed by atoms with Gasteiger partial charge in [-0.05, 0) is 116 Å². The number of hydrogen-bond acceptors (Lipinski definition) is 12. The monoisotopic (exact) mass is 991 g/mol. The van der Waals surface area contributed by atoms with E-state index in [1.807, 2.05) is 28.0 Å². The average molecular weight is 992 g/mol. The number of fused-ring (bicyclic) bond motifs is 1. The maximum atomic E-state index is 14.0. The fourth-order valence-corrected chi connectivity index (χ4v) is 10.7. The summed E-state index contributed by atoms with van der Waals surface area (Å²) in [5, 5.41) is 37.3. The van der Waals surface area contributed by atoms with Crippen LogP contribution in [0.25, 0.3) is 10.9 Å². The molecule has 382 valence electrons. The molecule has 0 aliphatic carbocycles. The zero-order valence-corrected chi connectivity index (χ0v) is 41.3. The van der Waals surface area contributed by atoms with E-state index >= 15 is 0 Å². The van der Waals surface area contributed by atoms with Crippen LogP contribution in [0.1, 0.15) is 82.8 Å². The highest BCUT2D eigenvalue weighted by atomic mass is 16.6. The van der Waals surface area contributed by atoms with Gasteiger partial charge in [0, 0.05) is 74.0 Å². The van der Waals surface area contributed by atoms with Crippen LogP contribution in [0.5, 0.6) is 17.2 Å². The summed E-state index contributed by atoms with van der Waals surface area (Å²) in [5.41, 5.74) is 1.69. The SMILES string of the molecule is COc1cc(C(=O)N2CCC3(CCN(C(=O)COc4cccc(C(O)(C(=O)OCC5CCN(Cc6ccccc6)CC5)c5ccccc5)c4)CC3)CC2)ccc1CNCC(O)c1ccc(O)c2[nH]c(=O)ccc12. The number of esters is 1. The summed E-state index contributed by atoms with van der Waals surface area (Å²) in [5.74, 6) is 0.0387. The number of nitrogens with one attached hydrogen (secondary N) is 2. The molecule has 0 bridgehead atoms. The molecule has 15 nitrogen and oxygen atoms in total. The van der Waals surface area contributed by atoms with Gasteiger partial charge in [0.1, 0.15) is 17.2 Å². The van der Waals surface area contributed by atoms with Crippen molar-refractivity contribution < 1.29 is 43.9 Å². The first-order valence-electron chi connectivity index (χ1n) is 25.3. The molecular weight excluding hydrogens is 927 g/mol. The Morgan fingerprint density at radius 1 is 0.795 bits per heavy atom. The first-order valence-corrected chi connectivity index (χ1v) is 25.3. The Balaban J connectivity index is 0.732. The maximum Gasteiger partial charge on any atom is 0.347 e. The van der Waals surface area contributed by atoms with Crippen LogP contribution in [0.2, 0.25) is 0 Å². The van der Waals surface area contributed by atoms with Crippen molar-refractivity contribution in [1.82, 2.24) is 25.0 Å². The number of carbonyl (C=O) groups excluding carboxylic acids is 3. The lowest BCUT2D eigenvalue weighted by atomic mass is 9.71. The number of aliphatic hydroxyl groups is 2. The van der Waals surface area contributed by atoms with Crippen molar-refractivity contribution in [2.24, 2.45) is 11.3 Å². The highest BCUT2D eigenvalue weighted by Crippen LogP contribution is 2.42. The molecule has 5 aromatic carbocycles. The third kappa shape index (κ3) is 11.8. The number of phenolic OH excluding ortho intramolecular Hbond substituents is 1. The number of aromatic nitrogens is 1. The molecule has 1 spiro atoms. The van der Waals surface area contributed by atoms with Crippen LogP contribution in [-0.2, 0) is 33.0 Å². The van der Waals surface area contributed by atoms with Gasteiger partial charge in [-0.25, -0.2) is 4.79 Å². The van der Waals surface area contributed by atoms with Crippen molar-refractivity contribution >= 4 is 28.7 Å². The van der Waals surface area contributed by atoms with Gasteiger partial charge in [-0.3, -0.25) is 19.3 Å². The predicted octanol–water partition coefficient (Wildman–Crippen LogP) is 6.68. The molecule has 1 aromatic heterocycles. The number of aliphatic hydroxyl groups excluding tert-OH is 1. The molecule has 15 heteroatoms. The van der Waals surface area contributed by atoms with Gasteiger partial charge in [-0.2, -0.15) is 0 Å². The second-order valence-electron chi connectivity index (χ2n) is 19.8. The smallest absolute Gasteiger partial charge is 0.347 e. The Kier molecular flexibility index (Phi) is 15.9. The average Bonchev–Trinajstić information content (AvgIpc) is 3.43. The number of carbonyl (C=O) groups is 3. The summed E-state index contributed by atoms with van der Waals surface area (Å²) in [6.45, 7) is 5.62. The summed E-state index contributed by atoms with van der Waals surface area (Å²) in [6.07, 6.45) is 4.16. The van der Waals surface area contributed by atoms with Crippen LogP contribution in [0, 0.1) is 11.3 Å². The second kappa shape index (κ2) is 22.8.